The number of ether oxygens (including phenoxy) is 3. The van der Waals surface area contributed by atoms with Crippen molar-refractivity contribution in [3.8, 4) is 23.0 Å². The van der Waals surface area contributed by atoms with Crippen LogP contribution in [0, 0.1) is 5.92 Å². The van der Waals surface area contributed by atoms with Crippen LogP contribution >= 0.6 is 0 Å². The average Bonchev–Trinajstić information content (AvgIpc) is 2.99. The van der Waals surface area contributed by atoms with Crippen molar-refractivity contribution in [2.24, 2.45) is 5.92 Å². The lowest BCUT2D eigenvalue weighted by atomic mass is 9.77. The average molecular weight is 390 g/mol. The Hall–Kier alpha value is -3.02. The lowest BCUT2D eigenvalue weighted by Crippen LogP contribution is -2.32. The van der Waals surface area contributed by atoms with Crippen molar-refractivity contribution in [1.82, 2.24) is 0 Å². The van der Waals surface area contributed by atoms with E-state index in [0.717, 1.165) is 22.3 Å². The number of fused-ring (bicyclic) bond motifs is 6. The highest BCUT2D eigenvalue weighted by Gasteiger charge is 2.52. The lowest BCUT2D eigenvalue weighted by Gasteiger charge is -2.37. The topological polar surface area (TPSA) is 68.2 Å². The van der Waals surface area contributed by atoms with Gasteiger partial charge in [-0.05, 0) is 30.2 Å². The van der Waals surface area contributed by atoms with Crippen LogP contribution in [0.1, 0.15) is 42.4 Å². The van der Waals surface area contributed by atoms with E-state index in [1.165, 1.54) is 0 Å². The normalized spacial score (nSPS) is 21.4. The first kappa shape index (κ1) is 18.0. The molecule has 0 fully saturated rings. The maximum absolute atomic E-state index is 10.7. The molecule has 2 aliphatic rings. The Balaban J connectivity index is 1.73. The molecule has 1 spiro atoms. The highest BCUT2D eigenvalue weighted by molar-refractivity contribution is 5.65. The first-order valence-electron chi connectivity index (χ1n) is 9.73. The van der Waals surface area contributed by atoms with E-state index in [9.17, 15) is 10.2 Å². The molecule has 0 radical (unpaired) electrons. The molecule has 2 heterocycles. The Labute approximate surface area is 169 Å². The fourth-order valence-electron chi connectivity index (χ4n) is 4.13. The standard InChI is InChI=1S/C24H22O5/c1-14(2)13-27-16-8-10-20-22(12-16)28-21-11-15(25)7-9-19(21)24(20)18-6-4-3-5-17(18)23(26)29-24/h3-12,14,23,25-26H,13H2,1-2H3. The molecule has 0 bridgehead atoms. The molecule has 2 atom stereocenters. The minimum Gasteiger partial charge on any atom is -0.508 e. The largest absolute Gasteiger partial charge is 0.508 e. The third kappa shape index (κ3) is 2.69. The van der Waals surface area contributed by atoms with E-state index < -0.39 is 11.9 Å². The molecule has 5 rings (SSSR count). The number of benzene rings is 3. The van der Waals surface area contributed by atoms with E-state index in [1.807, 2.05) is 42.5 Å². The van der Waals surface area contributed by atoms with Crippen molar-refractivity contribution in [3.05, 3.63) is 82.9 Å². The van der Waals surface area contributed by atoms with E-state index in [2.05, 4.69) is 13.8 Å². The summed E-state index contributed by atoms with van der Waals surface area (Å²) in [6, 6.07) is 18.2. The number of aliphatic hydroxyl groups is 1. The summed E-state index contributed by atoms with van der Waals surface area (Å²) >= 11 is 0. The Bertz CT molecular complexity index is 1090. The van der Waals surface area contributed by atoms with Crippen molar-refractivity contribution in [3.63, 3.8) is 0 Å². The lowest BCUT2D eigenvalue weighted by molar-refractivity contribution is -0.142. The van der Waals surface area contributed by atoms with Crippen LogP contribution in [0.3, 0.4) is 0 Å². The van der Waals surface area contributed by atoms with E-state index in [1.54, 1.807) is 18.2 Å². The smallest absolute Gasteiger partial charge is 0.183 e. The van der Waals surface area contributed by atoms with Crippen LogP contribution in [0.5, 0.6) is 23.0 Å². The third-order valence-corrected chi connectivity index (χ3v) is 5.37. The number of phenolic OH excluding ortho intramolecular Hbond substituents is 1. The second kappa shape index (κ2) is 6.51. The molecule has 0 amide bonds. The van der Waals surface area contributed by atoms with Crippen molar-refractivity contribution < 1.29 is 24.4 Å². The molecule has 0 aromatic heterocycles. The quantitative estimate of drug-likeness (QED) is 0.669. The molecule has 2 aliphatic heterocycles. The van der Waals surface area contributed by atoms with Crippen LogP contribution in [-0.4, -0.2) is 16.8 Å². The molecule has 0 saturated carbocycles. The molecule has 148 valence electrons. The minimum atomic E-state index is -1.06. The van der Waals surface area contributed by atoms with Crippen LogP contribution in [0.25, 0.3) is 0 Å². The summed E-state index contributed by atoms with van der Waals surface area (Å²) in [5.41, 5.74) is 2.09. The van der Waals surface area contributed by atoms with Gasteiger partial charge >= 0.3 is 0 Å². The second-order valence-corrected chi connectivity index (χ2v) is 7.88. The number of aliphatic hydroxyl groups excluding tert-OH is 1. The summed E-state index contributed by atoms with van der Waals surface area (Å²) in [5.74, 6) is 2.26. The van der Waals surface area contributed by atoms with Gasteiger partial charge in [0.2, 0.25) is 0 Å². The number of phenols is 1. The fraction of sp³-hybridized carbons (Fsp3) is 0.250. The van der Waals surface area contributed by atoms with E-state index in [0.29, 0.717) is 29.8 Å². The van der Waals surface area contributed by atoms with Crippen LogP contribution in [-0.2, 0) is 10.3 Å². The predicted molar refractivity (Wildman–Crippen MR) is 107 cm³/mol. The van der Waals surface area contributed by atoms with Gasteiger partial charge in [-0.15, -0.1) is 0 Å². The van der Waals surface area contributed by atoms with Crippen molar-refractivity contribution in [2.75, 3.05) is 6.61 Å². The molecule has 5 nitrogen and oxygen atoms in total. The van der Waals surface area contributed by atoms with Gasteiger partial charge < -0.3 is 24.4 Å². The molecule has 2 N–H and O–H groups in total. The summed E-state index contributed by atoms with van der Waals surface area (Å²) in [4.78, 5) is 0. The number of rotatable bonds is 3. The van der Waals surface area contributed by atoms with Crippen LogP contribution in [0.4, 0.5) is 0 Å². The number of hydrogen-bond acceptors (Lipinski definition) is 5. The molecule has 3 aromatic rings. The van der Waals surface area contributed by atoms with E-state index in [-0.39, 0.29) is 5.75 Å². The molecule has 3 aromatic carbocycles. The first-order valence-corrected chi connectivity index (χ1v) is 9.73. The van der Waals surface area contributed by atoms with Gasteiger partial charge in [0, 0.05) is 34.4 Å². The van der Waals surface area contributed by atoms with Gasteiger partial charge in [-0.3, -0.25) is 0 Å². The predicted octanol–water partition coefficient (Wildman–Crippen LogP) is 4.85. The Morgan fingerprint density at radius 3 is 2.48 bits per heavy atom. The van der Waals surface area contributed by atoms with Gasteiger partial charge in [-0.2, -0.15) is 0 Å². The molecule has 2 unspecified atom stereocenters. The molecular weight excluding hydrogens is 368 g/mol. The van der Waals surface area contributed by atoms with Crippen molar-refractivity contribution in [1.29, 1.82) is 0 Å². The SMILES string of the molecule is CC(C)COc1ccc2c(c1)Oc1cc(O)ccc1C21OC(O)c2ccccc21. The van der Waals surface area contributed by atoms with Gasteiger partial charge in [0.1, 0.15) is 23.0 Å². The third-order valence-electron chi connectivity index (χ3n) is 5.37. The molecule has 0 aliphatic carbocycles. The Morgan fingerprint density at radius 1 is 0.966 bits per heavy atom. The van der Waals surface area contributed by atoms with Crippen LogP contribution in [0.15, 0.2) is 60.7 Å². The van der Waals surface area contributed by atoms with Gasteiger partial charge in [-0.1, -0.05) is 38.1 Å². The number of aromatic hydroxyl groups is 1. The second-order valence-electron chi connectivity index (χ2n) is 7.88. The fourth-order valence-corrected chi connectivity index (χ4v) is 4.13. The molecular formula is C24H22O5. The summed E-state index contributed by atoms with van der Waals surface area (Å²) in [5, 5.41) is 20.7. The maximum atomic E-state index is 10.7. The summed E-state index contributed by atoms with van der Waals surface area (Å²) in [6.07, 6.45) is -1.06. The highest BCUT2D eigenvalue weighted by Crippen LogP contribution is 2.59. The zero-order valence-corrected chi connectivity index (χ0v) is 16.3. The van der Waals surface area contributed by atoms with Crippen molar-refractivity contribution >= 4 is 0 Å². The van der Waals surface area contributed by atoms with Gasteiger partial charge in [0.15, 0.2) is 11.9 Å². The first-order chi connectivity index (χ1) is 14.0. The minimum absolute atomic E-state index is 0.0985. The Morgan fingerprint density at radius 2 is 1.69 bits per heavy atom. The molecule has 0 saturated heterocycles. The van der Waals surface area contributed by atoms with Gasteiger partial charge in [-0.25, -0.2) is 0 Å². The summed E-state index contributed by atoms with van der Waals surface area (Å²) in [6.45, 7) is 4.78. The zero-order chi connectivity index (χ0) is 20.2. The van der Waals surface area contributed by atoms with E-state index in [4.69, 9.17) is 14.2 Å². The molecule has 29 heavy (non-hydrogen) atoms. The number of hydrogen-bond donors (Lipinski definition) is 2. The Kier molecular flexibility index (Phi) is 4.05. The monoisotopic (exact) mass is 390 g/mol. The van der Waals surface area contributed by atoms with E-state index >= 15 is 0 Å². The van der Waals surface area contributed by atoms with Crippen LogP contribution < -0.4 is 9.47 Å². The highest BCUT2D eigenvalue weighted by atomic mass is 16.6. The summed E-state index contributed by atoms with van der Waals surface area (Å²) < 4.78 is 18.3. The van der Waals surface area contributed by atoms with Gasteiger partial charge in [0.05, 0.1) is 6.61 Å². The van der Waals surface area contributed by atoms with Gasteiger partial charge in [0.25, 0.3) is 0 Å². The van der Waals surface area contributed by atoms with Crippen LogP contribution in [0.2, 0.25) is 0 Å². The molecule has 5 heteroatoms. The summed E-state index contributed by atoms with van der Waals surface area (Å²) in [7, 11) is 0. The zero-order valence-electron chi connectivity index (χ0n) is 16.3. The maximum Gasteiger partial charge on any atom is 0.183 e. The van der Waals surface area contributed by atoms with Crippen molar-refractivity contribution in [2.45, 2.75) is 25.7 Å².